The molecule has 26 heavy (non-hydrogen) atoms. The lowest BCUT2D eigenvalue weighted by Gasteiger charge is -2.23. The van der Waals surface area contributed by atoms with Gasteiger partial charge in [0.15, 0.2) is 15.0 Å². The van der Waals surface area contributed by atoms with Crippen LogP contribution in [-0.2, 0) is 21.1 Å². The van der Waals surface area contributed by atoms with E-state index >= 15 is 0 Å². The predicted molar refractivity (Wildman–Crippen MR) is 100 cm³/mol. The van der Waals surface area contributed by atoms with Crippen molar-refractivity contribution in [2.75, 3.05) is 16.8 Å². The molecule has 0 bridgehead atoms. The van der Waals surface area contributed by atoms with Crippen molar-refractivity contribution in [1.29, 1.82) is 0 Å². The van der Waals surface area contributed by atoms with Crippen LogP contribution in [-0.4, -0.2) is 42.3 Å². The summed E-state index contributed by atoms with van der Waals surface area (Å²) in [6, 6.07) is 8.78. The Hall–Kier alpha value is -2.26. The average Bonchev–Trinajstić information content (AvgIpc) is 3.11. The number of aromatic nitrogens is 1. The second-order valence-electron chi connectivity index (χ2n) is 6.59. The maximum atomic E-state index is 12.2. The highest BCUT2D eigenvalue weighted by molar-refractivity contribution is 7.91. The number of amides is 2. The van der Waals surface area contributed by atoms with E-state index in [4.69, 9.17) is 0 Å². The number of nitrogens with zero attached hydrogens (tertiary/aromatic N) is 1. The van der Waals surface area contributed by atoms with E-state index in [1.54, 1.807) is 36.6 Å². The molecule has 1 aromatic carbocycles. The third kappa shape index (κ3) is 4.67. The second-order valence-corrected chi connectivity index (χ2v) is 9.63. The van der Waals surface area contributed by atoms with Gasteiger partial charge in [-0.3, -0.25) is 14.9 Å². The van der Waals surface area contributed by atoms with E-state index in [9.17, 15) is 18.0 Å². The molecular weight excluding hydrogens is 374 g/mol. The minimum Gasteiger partial charge on any atom is -0.350 e. The summed E-state index contributed by atoms with van der Waals surface area (Å²) < 4.78 is 23.2. The molecule has 138 valence electrons. The Morgan fingerprint density at radius 2 is 2.00 bits per heavy atom. The quantitative estimate of drug-likeness (QED) is 0.803. The van der Waals surface area contributed by atoms with Gasteiger partial charge < -0.3 is 5.32 Å². The van der Waals surface area contributed by atoms with Crippen molar-refractivity contribution < 1.29 is 18.0 Å². The Bertz CT molecular complexity index is 924. The van der Waals surface area contributed by atoms with Crippen LogP contribution in [0.2, 0.25) is 0 Å². The highest BCUT2D eigenvalue weighted by atomic mass is 32.2. The highest BCUT2D eigenvalue weighted by Gasteiger charge is 2.39. The minimum absolute atomic E-state index is 0.0351. The molecule has 2 heterocycles. The fraction of sp³-hybridized carbons (Fsp3) is 0.353. The lowest BCUT2D eigenvalue weighted by Crippen LogP contribution is -2.47. The molecule has 0 aliphatic carbocycles. The van der Waals surface area contributed by atoms with E-state index in [-0.39, 0.29) is 29.7 Å². The SMILES string of the molecule is CC1(NC(=O)Cc2csc(NC(=O)c3ccccc3)n2)CCS(=O)(=O)C1. The van der Waals surface area contributed by atoms with Crippen molar-refractivity contribution in [2.24, 2.45) is 0 Å². The Kier molecular flexibility index (Phi) is 5.10. The van der Waals surface area contributed by atoms with E-state index in [2.05, 4.69) is 15.6 Å². The molecule has 1 aliphatic rings. The van der Waals surface area contributed by atoms with Gasteiger partial charge >= 0.3 is 0 Å². The largest absolute Gasteiger partial charge is 0.350 e. The first-order valence-corrected chi connectivity index (χ1v) is 10.8. The van der Waals surface area contributed by atoms with Crippen molar-refractivity contribution in [3.8, 4) is 0 Å². The van der Waals surface area contributed by atoms with Gasteiger partial charge in [-0.15, -0.1) is 11.3 Å². The van der Waals surface area contributed by atoms with E-state index in [0.717, 1.165) is 0 Å². The molecule has 0 saturated carbocycles. The van der Waals surface area contributed by atoms with Crippen molar-refractivity contribution >= 4 is 38.1 Å². The number of sulfone groups is 1. The molecule has 2 amide bonds. The normalized spacial score (nSPS) is 21.3. The summed E-state index contributed by atoms with van der Waals surface area (Å²) in [4.78, 5) is 28.6. The first-order valence-electron chi connectivity index (χ1n) is 8.07. The van der Waals surface area contributed by atoms with Gasteiger partial charge in [0, 0.05) is 10.9 Å². The number of hydrogen-bond donors (Lipinski definition) is 2. The van der Waals surface area contributed by atoms with Crippen LogP contribution < -0.4 is 10.6 Å². The molecule has 3 rings (SSSR count). The highest BCUT2D eigenvalue weighted by Crippen LogP contribution is 2.23. The number of anilines is 1. The molecule has 1 fully saturated rings. The van der Waals surface area contributed by atoms with Crippen LogP contribution in [0.3, 0.4) is 0 Å². The van der Waals surface area contributed by atoms with Gasteiger partial charge in [0.25, 0.3) is 5.91 Å². The fourth-order valence-corrected chi connectivity index (χ4v) is 5.66. The van der Waals surface area contributed by atoms with Gasteiger partial charge in [-0.2, -0.15) is 0 Å². The Balaban J connectivity index is 1.57. The molecule has 7 nitrogen and oxygen atoms in total. The van der Waals surface area contributed by atoms with Crippen LogP contribution in [0.15, 0.2) is 35.7 Å². The zero-order valence-electron chi connectivity index (χ0n) is 14.2. The molecule has 1 unspecified atom stereocenters. The number of hydrogen-bond acceptors (Lipinski definition) is 6. The third-order valence-corrected chi connectivity index (χ3v) is 6.80. The molecule has 9 heteroatoms. The topological polar surface area (TPSA) is 105 Å². The Morgan fingerprint density at radius 3 is 2.65 bits per heavy atom. The number of benzene rings is 1. The maximum absolute atomic E-state index is 12.2. The molecule has 2 aromatic rings. The van der Waals surface area contributed by atoms with Crippen molar-refractivity contribution in [1.82, 2.24) is 10.3 Å². The summed E-state index contributed by atoms with van der Waals surface area (Å²) >= 11 is 1.24. The van der Waals surface area contributed by atoms with Gasteiger partial charge in [-0.05, 0) is 25.5 Å². The molecule has 2 N–H and O–H groups in total. The van der Waals surface area contributed by atoms with Gasteiger partial charge in [0.2, 0.25) is 5.91 Å². The number of thiazole rings is 1. The standard InChI is InChI=1S/C17H19N3O4S2/c1-17(7-8-26(23,24)11-17)20-14(21)9-13-10-25-16(18-13)19-15(22)12-5-3-2-4-6-12/h2-6,10H,7-9,11H2,1H3,(H,20,21)(H,18,19,22). The lowest BCUT2D eigenvalue weighted by atomic mass is 10.0. The molecule has 1 aromatic heterocycles. The molecule has 0 radical (unpaired) electrons. The monoisotopic (exact) mass is 393 g/mol. The molecule has 1 aliphatic heterocycles. The maximum Gasteiger partial charge on any atom is 0.257 e. The minimum atomic E-state index is -3.08. The smallest absolute Gasteiger partial charge is 0.257 e. The summed E-state index contributed by atoms with van der Waals surface area (Å²) in [5.74, 6) is -0.493. The molecular formula is C17H19N3O4S2. The summed E-state index contributed by atoms with van der Waals surface area (Å²) in [6.07, 6.45) is 0.448. The van der Waals surface area contributed by atoms with Crippen LogP contribution in [0.1, 0.15) is 29.4 Å². The van der Waals surface area contributed by atoms with Crippen LogP contribution in [0.4, 0.5) is 5.13 Å². The second kappa shape index (κ2) is 7.16. The van der Waals surface area contributed by atoms with E-state index in [0.29, 0.717) is 22.8 Å². The third-order valence-electron chi connectivity index (χ3n) is 4.09. The molecule has 1 saturated heterocycles. The van der Waals surface area contributed by atoms with Gasteiger partial charge in [0.05, 0.1) is 29.2 Å². The number of rotatable bonds is 5. The van der Waals surface area contributed by atoms with Crippen LogP contribution >= 0.6 is 11.3 Å². The summed E-state index contributed by atoms with van der Waals surface area (Å²) in [7, 11) is -3.08. The fourth-order valence-electron chi connectivity index (χ4n) is 2.86. The van der Waals surface area contributed by atoms with Crippen molar-refractivity contribution in [3.63, 3.8) is 0 Å². The van der Waals surface area contributed by atoms with Crippen LogP contribution in [0.5, 0.6) is 0 Å². The first kappa shape index (κ1) is 18.5. The zero-order valence-corrected chi connectivity index (χ0v) is 15.8. The Labute approximate surface area is 155 Å². The summed E-state index contributed by atoms with van der Waals surface area (Å²) in [5, 5.41) is 7.61. The molecule has 0 spiro atoms. The lowest BCUT2D eigenvalue weighted by molar-refractivity contribution is -0.122. The van der Waals surface area contributed by atoms with Gasteiger partial charge in [0.1, 0.15) is 0 Å². The van der Waals surface area contributed by atoms with E-state index < -0.39 is 15.4 Å². The number of carbonyl (C=O) groups excluding carboxylic acids is 2. The number of nitrogens with one attached hydrogen (secondary N) is 2. The van der Waals surface area contributed by atoms with E-state index in [1.165, 1.54) is 11.3 Å². The van der Waals surface area contributed by atoms with Crippen molar-refractivity contribution in [3.05, 3.63) is 47.0 Å². The number of carbonyl (C=O) groups is 2. The Morgan fingerprint density at radius 1 is 1.27 bits per heavy atom. The van der Waals surface area contributed by atoms with Crippen molar-refractivity contribution in [2.45, 2.75) is 25.3 Å². The first-order chi connectivity index (χ1) is 12.2. The van der Waals surface area contributed by atoms with Gasteiger partial charge in [-0.1, -0.05) is 18.2 Å². The van der Waals surface area contributed by atoms with Crippen LogP contribution in [0.25, 0.3) is 0 Å². The average molecular weight is 393 g/mol. The summed E-state index contributed by atoms with van der Waals surface area (Å²) in [6.45, 7) is 1.74. The summed E-state index contributed by atoms with van der Waals surface area (Å²) in [5.41, 5.74) is 0.328. The predicted octanol–water partition coefficient (Wildman–Crippen LogP) is 1.63. The van der Waals surface area contributed by atoms with Crippen LogP contribution in [0, 0.1) is 0 Å². The molecule has 1 atom stereocenters. The van der Waals surface area contributed by atoms with E-state index in [1.807, 2.05) is 6.07 Å². The van der Waals surface area contributed by atoms with Gasteiger partial charge in [-0.25, -0.2) is 13.4 Å². The zero-order chi connectivity index (χ0) is 18.8.